The van der Waals surface area contributed by atoms with Crippen LogP contribution in [0.5, 0.6) is 23.0 Å². The number of benzene rings is 2. The van der Waals surface area contributed by atoms with Gasteiger partial charge in [0.1, 0.15) is 5.75 Å². The minimum atomic E-state index is -3.95. The van der Waals surface area contributed by atoms with Crippen LogP contribution < -0.4 is 29.0 Å². The van der Waals surface area contributed by atoms with Crippen molar-refractivity contribution in [1.29, 1.82) is 0 Å². The first-order valence-corrected chi connectivity index (χ1v) is 14.2. The number of hydrogen-bond donors (Lipinski definition) is 2. The highest BCUT2D eigenvalue weighted by Gasteiger charge is 2.30. The lowest BCUT2D eigenvalue weighted by Crippen LogP contribution is -2.26. The molecule has 5 rings (SSSR count). The average Bonchev–Trinajstić information content (AvgIpc) is 3.16. The van der Waals surface area contributed by atoms with Gasteiger partial charge in [-0.15, -0.1) is 0 Å². The third-order valence-corrected chi connectivity index (χ3v) is 8.30. The van der Waals surface area contributed by atoms with Crippen molar-refractivity contribution in [2.45, 2.75) is 30.7 Å². The normalized spacial score (nSPS) is 14.3. The number of aryl methyl sites for hydroxylation is 1. The molecule has 2 aliphatic carbocycles. The topological polar surface area (TPSA) is 138 Å². The van der Waals surface area contributed by atoms with Crippen LogP contribution in [0.3, 0.4) is 0 Å². The molecule has 11 nitrogen and oxygen atoms in total. The monoisotopic (exact) mass is 578 g/mol. The highest BCUT2D eigenvalue weighted by molar-refractivity contribution is 7.92. The fourth-order valence-electron chi connectivity index (χ4n) is 5.13. The van der Waals surface area contributed by atoms with Gasteiger partial charge in [0.25, 0.3) is 10.0 Å². The molecular weight excluding hydrogens is 548 g/mol. The van der Waals surface area contributed by atoms with Crippen molar-refractivity contribution in [2.75, 3.05) is 33.2 Å². The number of carbonyl (C=O) groups excluding carboxylic acids is 1. The summed E-state index contributed by atoms with van der Waals surface area (Å²) >= 11 is 0. The molecular formula is C29H30N4O7S. The molecule has 0 saturated carbocycles. The maximum atomic E-state index is 13.0. The Kier molecular flexibility index (Phi) is 7.59. The highest BCUT2D eigenvalue weighted by atomic mass is 32.2. The van der Waals surface area contributed by atoms with Crippen LogP contribution in [0.1, 0.15) is 30.5 Å². The summed E-state index contributed by atoms with van der Waals surface area (Å²) in [6.45, 7) is 1.47. The average molecular weight is 579 g/mol. The maximum absolute atomic E-state index is 13.0. The number of fused-ring (bicyclic) bond motifs is 4. The molecule has 2 aromatic carbocycles. The lowest BCUT2D eigenvalue weighted by Gasteiger charge is -2.19. The van der Waals surface area contributed by atoms with Crippen molar-refractivity contribution in [3.05, 3.63) is 59.7 Å². The van der Waals surface area contributed by atoms with Crippen molar-refractivity contribution in [3.8, 4) is 45.5 Å². The molecule has 1 aliphatic heterocycles. The molecule has 1 amide bonds. The summed E-state index contributed by atoms with van der Waals surface area (Å²) < 4.78 is 50.6. The number of amides is 1. The van der Waals surface area contributed by atoms with E-state index in [1.54, 1.807) is 39.5 Å². The molecule has 0 radical (unpaired) electrons. The Bertz CT molecular complexity index is 1690. The third-order valence-electron chi connectivity index (χ3n) is 6.96. The molecule has 1 heterocycles. The van der Waals surface area contributed by atoms with Crippen LogP contribution in [-0.2, 0) is 21.2 Å². The summed E-state index contributed by atoms with van der Waals surface area (Å²) in [5.74, 6) is 1.79. The molecule has 2 N–H and O–H groups in total. The van der Waals surface area contributed by atoms with Gasteiger partial charge in [0.2, 0.25) is 17.6 Å². The number of aromatic nitrogens is 2. The summed E-state index contributed by atoms with van der Waals surface area (Å²) in [5.41, 5.74) is 4.28. The van der Waals surface area contributed by atoms with Gasteiger partial charge < -0.3 is 24.3 Å². The number of methoxy groups -OCH3 is 4. The van der Waals surface area contributed by atoms with E-state index in [1.807, 2.05) is 18.2 Å². The fraction of sp³-hybridized carbons (Fsp3) is 0.276. The molecule has 0 unspecified atom stereocenters. The highest BCUT2D eigenvalue weighted by Crippen LogP contribution is 2.50. The maximum Gasteiger partial charge on any atom is 0.264 e. The van der Waals surface area contributed by atoms with Gasteiger partial charge >= 0.3 is 0 Å². The van der Waals surface area contributed by atoms with Crippen molar-refractivity contribution in [1.82, 2.24) is 15.3 Å². The number of rotatable bonds is 8. The molecule has 12 heteroatoms. The van der Waals surface area contributed by atoms with Crippen molar-refractivity contribution in [3.63, 3.8) is 0 Å². The lowest BCUT2D eigenvalue weighted by molar-refractivity contribution is -0.119. The van der Waals surface area contributed by atoms with E-state index in [1.165, 1.54) is 26.2 Å². The number of anilines is 1. The summed E-state index contributed by atoms with van der Waals surface area (Å²) in [5, 5.41) is 3.05. The smallest absolute Gasteiger partial charge is 0.264 e. The van der Waals surface area contributed by atoms with E-state index in [9.17, 15) is 13.2 Å². The van der Waals surface area contributed by atoms with Crippen LogP contribution in [0, 0.1) is 0 Å². The van der Waals surface area contributed by atoms with Crippen molar-refractivity contribution in [2.24, 2.45) is 0 Å². The van der Waals surface area contributed by atoms with Crippen LogP contribution in [0.15, 0.2) is 53.4 Å². The van der Waals surface area contributed by atoms with Crippen molar-refractivity contribution < 1.29 is 32.2 Å². The van der Waals surface area contributed by atoms with Crippen LogP contribution >= 0.6 is 0 Å². The van der Waals surface area contributed by atoms with Crippen LogP contribution in [-0.4, -0.2) is 52.7 Å². The van der Waals surface area contributed by atoms with E-state index in [2.05, 4.69) is 20.0 Å². The molecule has 0 aromatic heterocycles. The first-order chi connectivity index (χ1) is 19.7. The molecule has 1 atom stereocenters. The number of nitrogens with zero attached hydrogens (tertiary/aromatic N) is 2. The molecule has 214 valence electrons. The molecule has 0 bridgehead atoms. The molecule has 3 aliphatic rings. The Morgan fingerprint density at radius 1 is 0.878 bits per heavy atom. The molecule has 0 saturated heterocycles. The number of imidazole rings is 1. The molecule has 2 aromatic rings. The lowest BCUT2D eigenvalue weighted by atomic mass is 9.95. The summed E-state index contributed by atoms with van der Waals surface area (Å²) in [6, 6.07) is 13.0. The Morgan fingerprint density at radius 2 is 1.59 bits per heavy atom. The SMILES string of the molecule is COc1ccc(S(=O)(=O)Nc2nc3ccc4c(cc-3n2)[C@H](NC(C)=O)CCc2cc(OC)c(OC)c(OC)c2-4)cc1. The summed E-state index contributed by atoms with van der Waals surface area (Å²) in [7, 11) is 2.24. The number of sulfonamides is 1. The Hall–Kier alpha value is -4.58. The Labute approximate surface area is 238 Å². The van der Waals surface area contributed by atoms with E-state index < -0.39 is 10.0 Å². The van der Waals surface area contributed by atoms with Gasteiger partial charge in [-0.05, 0) is 72.0 Å². The van der Waals surface area contributed by atoms with Crippen LogP contribution in [0.25, 0.3) is 22.5 Å². The second kappa shape index (κ2) is 11.1. The molecule has 41 heavy (non-hydrogen) atoms. The summed E-state index contributed by atoms with van der Waals surface area (Å²) in [6.07, 6.45) is 1.22. The first kappa shape index (κ1) is 28.0. The Balaban J connectivity index is 1.65. The van der Waals surface area contributed by atoms with E-state index in [0.29, 0.717) is 47.2 Å². The van der Waals surface area contributed by atoms with Gasteiger partial charge in [0, 0.05) is 12.5 Å². The predicted molar refractivity (Wildman–Crippen MR) is 152 cm³/mol. The first-order valence-electron chi connectivity index (χ1n) is 12.8. The van der Waals surface area contributed by atoms with Gasteiger partial charge in [0.05, 0.1) is 50.8 Å². The number of carbonyl (C=O) groups is 1. The minimum Gasteiger partial charge on any atom is -0.497 e. The summed E-state index contributed by atoms with van der Waals surface area (Å²) in [4.78, 5) is 21.2. The minimum absolute atomic E-state index is 0.0466. The second-order valence-corrected chi connectivity index (χ2v) is 11.1. The zero-order valence-electron chi connectivity index (χ0n) is 23.3. The largest absolute Gasteiger partial charge is 0.497 e. The van der Waals surface area contributed by atoms with Crippen LogP contribution in [0.4, 0.5) is 5.95 Å². The molecule has 0 fully saturated rings. The van der Waals surface area contributed by atoms with E-state index in [0.717, 1.165) is 22.3 Å². The fourth-order valence-corrected chi connectivity index (χ4v) is 6.07. The van der Waals surface area contributed by atoms with Crippen molar-refractivity contribution >= 4 is 21.9 Å². The van der Waals surface area contributed by atoms with E-state index in [4.69, 9.17) is 18.9 Å². The predicted octanol–water partition coefficient (Wildman–Crippen LogP) is 4.21. The van der Waals surface area contributed by atoms with E-state index >= 15 is 0 Å². The van der Waals surface area contributed by atoms with Crippen LogP contribution in [0.2, 0.25) is 0 Å². The van der Waals surface area contributed by atoms with Gasteiger partial charge in [-0.2, -0.15) is 0 Å². The zero-order valence-corrected chi connectivity index (χ0v) is 24.1. The number of ether oxygens (including phenoxy) is 4. The quantitative estimate of drug-likeness (QED) is 0.315. The molecule has 0 spiro atoms. The van der Waals surface area contributed by atoms with E-state index in [-0.39, 0.29) is 22.8 Å². The van der Waals surface area contributed by atoms with Gasteiger partial charge in [0.15, 0.2) is 11.5 Å². The van der Waals surface area contributed by atoms with Gasteiger partial charge in [-0.1, -0.05) is 6.07 Å². The zero-order chi connectivity index (χ0) is 29.3. The second-order valence-electron chi connectivity index (χ2n) is 9.42. The Morgan fingerprint density at radius 3 is 2.22 bits per heavy atom. The standard InChI is InChI=1S/C29H30N4O7S/c1-16(34)30-22-12-6-17-14-25(38-3)27(39-4)28(40-5)26(17)20-11-13-23-24(15-21(20)22)32-29(31-23)33-41(35,36)19-9-7-18(37-2)8-10-19/h7-11,13-15,22H,6,12H2,1-5H3,(H,30,34)(H,31,32,33)/t22-/m1/s1. The van der Waals surface area contributed by atoms with Gasteiger partial charge in [-0.25, -0.2) is 23.1 Å². The number of nitrogens with one attached hydrogen (secondary N) is 2. The third kappa shape index (κ3) is 5.30. The van der Waals surface area contributed by atoms with Gasteiger partial charge in [-0.3, -0.25) is 4.79 Å². The number of hydrogen-bond acceptors (Lipinski definition) is 9.